The highest BCUT2D eigenvalue weighted by Crippen LogP contribution is 2.37. The van der Waals surface area contributed by atoms with Crippen LogP contribution in [0, 0.1) is 14.9 Å². The molecule has 4 rings (SSSR count). The van der Waals surface area contributed by atoms with Crippen LogP contribution in [0.5, 0.6) is 0 Å². The lowest BCUT2D eigenvalue weighted by Gasteiger charge is -2.35. The summed E-state index contributed by atoms with van der Waals surface area (Å²) in [5.41, 5.74) is 0.670. The van der Waals surface area contributed by atoms with Crippen molar-refractivity contribution in [2.24, 2.45) is 0 Å². The summed E-state index contributed by atoms with van der Waals surface area (Å²) in [4.78, 5) is 19.7. The number of aromatic amines is 1. The van der Waals surface area contributed by atoms with Gasteiger partial charge in [-0.25, -0.2) is 9.67 Å². The second-order valence-electron chi connectivity index (χ2n) is 6.73. The molecule has 0 unspecified atom stereocenters. The molecule has 26 heavy (non-hydrogen) atoms. The van der Waals surface area contributed by atoms with Gasteiger partial charge >= 0.3 is 0 Å². The van der Waals surface area contributed by atoms with Gasteiger partial charge in [-0.1, -0.05) is 11.6 Å². The Morgan fingerprint density at radius 3 is 2.69 bits per heavy atom. The molecule has 0 spiro atoms. The van der Waals surface area contributed by atoms with Gasteiger partial charge in [-0.05, 0) is 37.2 Å². The summed E-state index contributed by atoms with van der Waals surface area (Å²) in [6.45, 7) is 3.66. The Labute approximate surface area is 160 Å². The molecule has 2 aliphatic rings. The van der Waals surface area contributed by atoms with Crippen molar-refractivity contribution < 1.29 is 4.92 Å². The second-order valence-corrected chi connectivity index (χ2v) is 7.53. The Bertz CT molecular complexity index is 885. The van der Waals surface area contributed by atoms with E-state index in [4.69, 9.17) is 23.8 Å². The van der Waals surface area contributed by atoms with Crippen LogP contribution in [0.15, 0.2) is 18.2 Å². The maximum atomic E-state index is 11.3. The van der Waals surface area contributed by atoms with Gasteiger partial charge in [0.2, 0.25) is 4.77 Å². The summed E-state index contributed by atoms with van der Waals surface area (Å²) < 4.78 is 2.49. The number of nitrogens with zero attached hydrogens (tertiary/aromatic N) is 5. The second kappa shape index (κ2) is 6.98. The maximum absolute atomic E-state index is 11.3. The summed E-state index contributed by atoms with van der Waals surface area (Å²) in [5.74, 6) is 1.53. The zero-order valence-corrected chi connectivity index (χ0v) is 15.7. The molecule has 1 aromatic carbocycles. The fourth-order valence-electron chi connectivity index (χ4n) is 3.25. The van der Waals surface area contributed by atoms with E-state index >= 15 is 0 Å². The number of hydrogen-bond donors (Lipinski definition) is 1. The first-order chi connectivity index (χ1) is 12.5. The molecule has 0 atom stereocenters. The van der Waals surface area contributed by atoms with Gasteiger partial charge in [0, 0.05) is 43.2 Å². The monoisotopic (exact) mass is 394 g/mol. The SMILES string of the molecule is O=[N+]([O-])c1cc(Cl)ccc1N1CCN(Cn2[nH]c(C3CC3)nc2=S)CC1. The van der Waals surface area contributed by atoms with Crippen molar-refractivity contribution in [2.75, 3.05) is 31.1 Å². The predicted molar refractivity (Wildman–Crippen MR) is 101 cm³/mol. The Morgan fingerprint density at radius 2 is 2.04 bits per heavy atom. The van der Waals surface area contributed by atoms with Crippen LogP contribution < -0.4 is 4.90 Å². The van der Waals surface area contributed by atoms with E-state index in [0.29, 0.717) is 41.2 Å². The normalized spacial score (nSPS) is 18.3. The number of nitrogens with one attached hydrogen (secondary N) is 1. The van der Waals surface area contributed by atoms with Gasteiger partial charge in [-0.3, -0.25) is 20.1 Å². The lowest BCUT2D eigenvalue weighted by molar-refractivity contribution is -0.384. The van der Waals surface area contributed by atoms with Crippen molar-refractivity contribution in [1.29, 1.82) is 0 Å². The fraction of sp³-hybridized carbons (Fsp3) is 0.500. The molecule has 1 aliphatic heterocycles. The van der Waals surface area contributed by atoms with Crippen LogP contribution in [-0.2, 0) is 6.67 Å². The maximum Gasteiger partial charge on any atom is 0.294 e. The number of hydrogen-bond acceptors (Lipinski definition) is 6. The van der Waals surface area contributed by atoms with E-state index in [-0.39, 0.29) is 10.6 Å². The number of halogens is 1. The minimum absolute atomic E-state index is 0.0517. The van der Waals surface area contributed by atoms with Crippen molar-refractivity contribution in [3.8, 4) is 0 Å². The van der Waals surface area contributed by atoms with E-state index in [2.05, 4.69) is 15.0 Å². The quantitative estimate of drug-likeness (QED) is 0.476. The molecule has 10 heteroatoms. The highest BCUT2D eigenvalue weighted by Gasteiger charge is 2.28. The van der Waals surface area contributed by atoms with Crippen molar-refractivity contribution in [3.63, 3.8) is 0 Å². The number of benzene rings is 1. The number of piperazine rings is 1. The van der Waals surface area contributed by atoms with E-state index in [1.807, 2.05) is 9.58 Å². The lowest BCUT2D eigenvalue weighted by Crippen LogP contribution is -2.47. The molecule has 0 amide bonds. The molecule has 1 N–H and O–H groups in total. The first-order valence-corrected chi connectivity index (χ1v) is 9.38. The number of aromatic nitrogens is 3. The number of rotatable bonds is 5. The van der Waals surface area contributed by atoms with Crippen LogP contribution in [0.3, 0.4) is 0 Å². The minimum Gasteiger partial charge on any atom is -0.363 e. The Hall–Kier alpha value is -1.97. The molecular formula is C16H19ClN6O2S. The summed E-state index contributed by atoms with van der Waals surface area (Å²) in [6.07, 6.45) is 2.36. The molecule has 0 bridgehead atoms. The molecule has 2 heterocycles. The Kier molecular flexibility index (Phi) is 4.68. The largest absolute Gasteiger partial charge is 0.363 e. The van der Waals surface area contributed by atoms with Crippen LogP contribution in [0.4, 0.5) is 11.4 Å². The number of H-pyrrole nitrogens is 1. The average molecular weight is 395 g/mol. The molecule has 1 aliphatic carbocycles. The number of nitro benzene ring substituents is 1. The van der Waals surface area contributed by atoms with Crippen molar-refractivity contribution in [2.45, 2.75) is 25.4 Å². The molecule has 1 saturated heterocycles. The van der Waals surface area contributed by atoms with Gasteiger partial charge < -0.3 is 4.90 Å². The van der Waals surface area contributed by atoms with Crippen LogP contribution in [0.25, 0.3) is 0 Å². The van der Waals surface area contributed by atoms with Crippen molar-refractivity contribution in [3.05, 3.63) is 43.9 Å². The first kappa shape index (κ1) is 17.4. The standard InChI is InChI=1S/C16H19ClN6O2S/c17-12-3-4-13(14(9-12)23(24)25)21-7-5-20(6-8-21)10-22-16(26)18-15(19-22)11-1-2-11/h3-4,9,11H,1-2,5-8,10H2,(H,18,19,26). The highest BCUT2D eigenvalue weighted by atomic mass is 35.5. The van der Waals surface area contributed by atoms with E-state index in [9.17, 15) is 10.1 Å². The van der Waals surface area contributed by atoms with Gasteiger partial charge in [0.1, 0.15) is 11.5 Å². The van der Waals surface area contributed by atoms with Crippen LogP contribution in [-0.4, -0.2) is 50.8 Å². The molecule has 1 saturated carbocycles. The summed E-state index contributed by atoms with van der Waals surface area (Å²) in [6, 6.07) is 4.83. The lowest BCUT2D eigenvalue weighted by atomic mass is 10.2. The predicted octanol–water partition coefficient (Wildman–Crippen LogP) is 3.16. The molecule has 0 radical (unpaired) electrons. The molecule has 8 nitrogen and oxygen atoms in total. The van der Waals surface area contributed by atoms with E-state index in [1.54, 1.807) is 12.1 Å². The molecule has 1 aromatic heterocycles. The van der Waals surface area contributed by atoms with E-state index in [0.717, 1.165) is 18.9 Å². The van der Waals surface area contributed by atoms with Crippen LogP contribution in [0.1, 0.15) is 24.6 Å². The third kappa shape index (κ3) is 3.60. The molecule has 2 fully saturated rings. The molecule has 2 aromatic rings. The topological polar surface area (TPSA) is 83.2 Å². The number of nitro groups is 1. The van der Waals surface area contributed by atoms with Gasteiger partial charge in [0.25, 0.3) is 5.69 Å². The molecular weight excluding hydrogens is 376 g/mol. The third-order valence-corrected chi connectivity index (χ3v) is 5.40. The van der Waals surface area contributed by atoms with E-state index in [1.165, 1.54) is 18.9 Å². The highest BCUT2D eigenvalue weighted by molar-refractivity contribution is 7.71. The minimum atomic E-state index is -0.378. The first-order valence-electron chi connectivity index (χ1n) is 8.59. The summed E-state index contributed by atoms with van der Waals surface area (Å²) in [5, 5.41) is 15.0. The smallest absolute Gasteiger partial charge is 0.294 e. The van der Waals surface area contributed by atoms with Gasteiger partial charge in [0.05, 0.1) is 11.6 Å². The average Bonchev–Trinajstić information content (AvgIpc) is 3.40. The van der Waals surface area contributed by atoms with Crippen LogP contribution >= 0.6 is 23.8 Å². The number of anilines is 1. The van der Waals surface area contributed by atoms with Gasteiger partial charge in [0.15, 0.2) is 0 Å². The Balaban J connectivity index is 1.41. The van der Waals surface area contributed by atoms with E-state index < -0.39 is 0 Å². The van der Waals surface area contributed by atoms with Crippen LogP contribution in [0.2, 0.25) is 5.02 Å². The molecule has 138 valence electrons. The summed E-state index contributed by atoms with van der Waals surface area (Å²) >= 11 is 11.2. The third-order valence-electron chi connectivity index (χ3n) is 4.85. The van der Waals surface area contributed by atoms with Gasteiger partial charge in [-0.15, -0.1) is 0 Å². The summed E-state index contributed by atoms with van der Waals surface area (Å²) in [7, 11) is 0. The zero-order valence-electron chi connectivity index (χ0n) is 14.1. The van der Waals surface area contributed by atoms with Crippen molar-refractivity contribution >= 4 is 35.2 Å². The fourth-order valence-corrected chi connectivity index (χ4v) is 3.62. The van der Waals surface area contributed by atoms with Gasteiger partial charge in [-0.2, -0.15) is 0 Å². The van der Waals surface area contributed by atoms with Crippen molar-refractivity contribution in [1.82, 2.24) is 19.7 Å². The zero-order chi connectivity index (χ0) is 18.3. The Morgan fingerprint density at radius 1 is 1.31 bits per heavy atom.